The first-order valence-corrected chi connectivity index (χ1v) is 7.06. The number of hydrogen-bond acceptors (Lipinski definition) is 5. The topological polar surface area (TPSA) is 55.6 Å². The van der Waals surface area contributed by atoms with E-state index in [1.165, 1.54) is 38.6 Å². The Labute approximate surface area is 99.4 Å². The van der Waals surface area contributed by atoms with Crippen molar-refractivity contribution in [2.24, 2.45) is 0 Å². The number of thioether (sulfide) groups is 1. The number of rotatable bonds is 4. The molecule has 1 aliphatic heterocycles. The predicted octanol–water partition coefficient (Wildman–Crippen LogP) is 1.24. The Morgan fingerprint density at radius 3 is 3.00 bits per heavy atom. The molecule has 1 aromatic rings. The Kier molecular flexibility index (Phi) is 3.10. The molecule has 0 radical (unpaired) electrons. The molecule has 1 saturated carbocycles. The van der Waals surface area contributed by atoms with Gasteiger partial charge in [-0.2, -0.15) is 0 Å². The van der Waals surface area contributed by atoms with Gasteiger partial charge in [0.2, 0.25) is 5.16 Å². The molecule has 2 fully saturated rings. The number of tetrazole rings is 1. The molecule has 16 heavy (non-hydrogen) atoms. The Morgan fingerprint density at radius 1 is 1.31 bits per heavy atom. The van der Waals surface area contributed by atoms with Crippen LogP contribution in [0.5, 0.6) is 0 Å². The van der Waals surface area contributed by atoms with Gasteiger partial charge in [-0.1, -0.05) is 18.2 Å². The lowest BCUT2D eigenvalue weighted by Crippen LogP contribution is -2.35. The van der Waals surface area contributed by atoms with Crippen LogP contribution in [0.25, 0.3) is 0 Å². The highest BCUT2D eigenvalue weighted by Crippen LogP contribution is 2.36. The van der Waals surface area contributed by atoms with Crippen LogP contribution in [0.4, 0.5) is 0 Å². The highest BCUT2D eigenvalue weighted by Gasteiger charge is 2.28. The third-order valence-corrected chi connectivity index (χ3v) is 4.28. The standard InChI is InChI=1S/C10H17N5S/c1-2-6-11-8(3-1)7-16-10-12-13-14-15(10)9-4-5-9/h8-9,11H,1-7H2. The highest BCUT2D eigenvalue weighted by atomic mass is 32.2. The molecule has 0 amide bonds. The van der Waals surface area contributed by atoms with Crippen LogP contribution in [0.1, 0.15) is 38.1 Å². The Bertz CT molecular complexity index is 343. The summed E-state index contributed by atoms with van der Waals surface area (Å²) < 4.78 is 1.99. The molecule has 3 rings (SSSR count). The predicted molar refractivity (Wildman–Crippen MR) is 62.5 cm³/mol. The second-order valence-electron chi connectivity index (χ2n) is 4.60. The van der Waals surface area contributed by atoms with E-state index in [-0.39, 0.29) is 0 Å². The summed E-state index contributed by atoms with van der Waals surface area (Å²) in [7, 11) is 0. The van der Waals surface area contributed by atoms with E-state index in [0.29, 0.717) is 12.1 Å². The Morgan fingerprint density at radius 2 is 2.25 bits per heavy atom. The van der Waals surface area contributed by atoms with Crippen molar-refractivity contribution in [2.75, 3.05) is 12.3 Å². The molecule has 88 valence electrons. The average molecular weight is 239 g/mol. The third-order valence-electron chi connectivity index (χ3n) is 3.18. The lowest BCUT2D eigenvalue weighted by Gasteiger charge is -2.22. The molecule has 0 aromatic carbocycles. The van der Waals surface area contributed by atoms with Gasteiger partial charge in [0.05, 0.1) is 6.04 Å². The first-order valence-electron chi connectivity index (χ1n) is 6.07. The minimum absolute atomic E-state index is 0.580. The summed E-state index contributed by atoms with van der Waals surface area (Å²) in [6.07, 6.45) is 6.44. The third kappa shape index (κ3) is 2.38. The number of nitrogens with zero attached hydrogens (tertiary/aromatic N) is 4. The quantitative estimate of drug-likeness (QED) is 0.801. The molecule has 2 heterocycles. The largest absolute Gasteiger partial charge is 0.313 e. The number of nitrogens with one attached hydrogen (secondary N) is 1. The first kappa shape index (κ1) is 10.5. The fraction of sp³-hybridized carbons (Fsp3) is 0.900. The van der Waals surface area contributed by atoms with Crippen LogP contribution in [0.2, 0.25) is 0 Å². The summed E-state index contributed by atoms with van der Waals surface area (Å²) in [6.45, 7) is 1.17. The molecule has 0 spiro atoms. The maximum Gasteiger partial charge on any atom is 0.209 e. The Hall–Kier alpha value is -0.620. The van der Waals surface area contributed by atoms with Crippen molar-refractivity contribution in [1.29, 1.82) is 0 Å². The molecular formula is C10H17N5S. The summed E-state index contributed by atoms with van der Waals surface area (Å²) in [6, 6.07) is 1.22. The van der Waals surface area contributed by atoms with Crippen molar-refractivity contribution in [1.82, 2.24) is 25.5 Å². The second kappa shape index (κ2) is 4.71. The molecule has 1 N–H and O–H groups in total. The van der Waals surface area contributed by atoms with E-state index in [4.69, 9.17) is 0 Å². The van der Waals surface area contributed by atoms with Crippen LogP contribution < -0.4 is 5.32 Å². The zero-order chi connectivity index (χ0) is 10.8. The first-order chi connectivity index (χ1) is 7.93. The zero-order valence-electron chi connectivity index (χ0n) is 9.30. The van der Waals surface area contributed by atoms with E-state index in [2.05, 4.69) is 20.8 Å². The van der Waals surface area contributed by atoms with E-state index in [9.17, 15) is 0 Å². The maximum atomic E-state index is 4.10. The molecule has 1 atom stereocenters. The van der Waals surface area contributed by atoms with Crippen molar-refractivity contribution in [2.45, 2.75) is 49.3 Å². The SMILES string of the molecule is C1CCC(CSc2nnnn2C2CC2)NC1. The van der Waals surface area contributed by atoms with Gasteiger partial charge in [0.1, 0.15) is 0 Å². The van der Waals surface area contributed by atoms with Gasteiger partial charge in [0.15, 0.2) is 0 Å². The smallest absolute Gasteiger partial charge is 0.209 e. The lowest BCUT2D eigenvalue weighted by atomic mass is 10.1. The molecule has 2 aliphatic rings. The van der Waals surface area contributed by atoms with Crippen molar-refractivity contribution >= 4 is 11.8 Å². The van der Waals surface area contributed by atoms with Gasteiger partial charge < -0.3 is 5.32 Å². The molecule has 1 unspecified atom stereocenters. The average Bonchev–Trinajstić information content (AvgIpc) is 3.07. The normalized spacial score (nSPS) is 25.9. The van der Waals surface area contributed by atoms with E-state index in [0.717, 1.165) is 10.9 Å². The van der Waals surface area contributed by atoms with Crippen LogP contribution >= 0.6 is 11.8 Å². The molecular weight excluding hydrogens is 222 g/mol. The van der Waals surface area contributed by atoms with E-state index in [1.54, 1.807) is 11.8 Å². The monoisotopic (exact) mass is 239 g/mol. The molecule has 0 bridgehead atoms. The van der Waals surface area contributed by atoms with Crippen LogP contribution in [0.15, 0.2) is 5.16 Å². The fourth-order valence-electron chi connectivity index (χ4n) is 2.07. The highest BCUT2D eigenvalue weighted by molar-refractivity contribution is 7.99. The molecule has 1 saturated heterocycles. The second-order valence-corrected chi connectivity index (χ2v) is 5.58. The van der Waals surface area contributed by atoms with Gasteiger partial charge in [-0.3, -0.25) is 0 Å². The van der Waals surface area contributed by atoms with Crippen molar-refractivity contribution < 1.29 is 0 Å². The van der Waals surface area contributed by atoms with Crippen LogP contribution in [0.3, 0.4) is 0 Å². The lowest BCUT2D eigenvalue weighted by molar-refractivity contribution is 0.429. The van der Waals surface area contributed by atoms with E-state index >= 15 is 0 Å². The minimum Gasteiger partial charge on any atom is -0.313 e. The summed E-state index contributed by atoms with van der Waals surface area (Å²) >= 11 is 1.79. The minimum atomic E-state index is 0.580. The van der Waals surface area contributed by atoms with Gasteiger partial charge in [0, 0.05) is 11.8 Å². The van der Waals surface area contributed by atoms with Gasteiger partial charge in [-0.25, -0.2) is 4.68 Å². The summed E-state index contributed by atoms with van der Waals surface area (Å²) in [5, 5.41) is 16.5. The number of piperidine rings is 1. The van der Waals surface area contributed by atoms with Crippen LogP contribution in [-0.4, -0.2) is 38.5 Å². The summed E-state index contributed by atoms with van der Waals surface area (Å²) in [5.74, 6) is 1.09. The van der Waals surface area contributed by atoms with E-state index < -0.39 is 0 Å². The summed E-state index contributed by atoms with van der Waals surface area (Å²) in [5.41, 5.74) is 0. The van der Waals surface area contributed by atoms with Crippen molar-refractivity contribution in [3.8, 4) is 0 Å². The van der Waals surface area contributed by atoms with Gasteiger partial charge in [-0.15, -0.1) is 5.10 Å². The Balaban J connectivity index is 1.54. The van der Waals surface area contributed by atoms with Crippen LogP contribution in [-0.2, 0) is 0 Å². The fourth-order valence-corrected chi connectivity index (χ4v) is 3.12. The van der Waals surface area contributed by atoms with E-state index in [1.807, 2.05) is 4.68 Å². The van der Waals surface area contributed by atoms with Gasteiger partial charge in [0.25, 0.3) is 0 Å². The molecule has 1 aliphatic carbocycles. The maximum absolute atomic E-state index is 4.10. The van der Waals surface area contributed by atoms with Crippen molar-refractivity contribution in [3.63, 3.8) is 0 Å². The van der Waals surface area contributed by atoms with Crippen molar-refractivity contribution in [3.05, 3.63) is 0 Å². The molecule has 6 heteroatoms. The zero-order valence-corrected chi connectivity index (χ0v) is 10.1. The van der Waals surface area contributed by atoms with Gasteiger partial charge in [-0.05, 0) is 42.7 Å². The summed E-state index contributed by atoms with van der Waals surface area (Å²) in [4.78, 5) is 0. The van der Waals surface area contributed by atoms with Gasteiger partial charge >= 0.3 is 0 Å². The van der Waals surface area contributed by atoms with Crippen LogP contribution in [0, 0.1) is 0 Å². The molecule has 5 nitrogen and oxygen atoms in total. The molecule has 1 aromatic heterocycles. The number of aromatic nitrogens is 4. The number of hydrogen-bond donors (Lipinski definition) is 1.